The third kappa shape index (κ3) is 4.86. The SMILES string of the molecule is CC(C)CC(C(=O)OCC(=O)c1c(N)n(CC(C)C)c(=O)n(C)c1=O)N1C(=O)c2ccccc2C1=O. The van der Waals surface area contributed by atoms with Crippen LogP contribution >= 0.6 is 0 Å². The molecular formula is C25H30N4O7. The van der Waals surface area contributed by atoms with Crippen molar-refractivity contribution in [2.45, 2.75) is 46.7 Å². The molecular weight excluding hydrogens is 468 g/mol. The molecule has 1 atom stereocenters. The summed E-state index contributed by atoms with van der Waals surface area (Å²) in [5.41, 5.74) is 4.34. The van der Waals surface area contributed by atoms with Crippen LogP contribution < -0.4 is 17.0 Å². The van der Waals surface area contributed by atoms with Crippen LogP contribution in [0.4, 0.5) is 5.82 Å². The van der Waals surface area contributed by atoms with Crippen LogP contribution in [0.2, 0.25) is 0 Å². The summed E-state index contributed by atoms with van der Waals surface area (Å²) in [7, 11) is 1.23. The third-order valence-electron chi connectivity index (χ3n) is 5.86. The van der Waals surface area contributed by atoms with E-state index in [0.717, 1.165) is 14.0 Å². The second kappa shape index (κ2) is 10.3. The predicted molar refractivity (Wildman–Crippen MR) is 131 cm³/mol. The van der Waals surface area contributed by atoms with Crippen LogP contribution in [0.15, 0.2) is 33.9 Å². The van der Waals surface area contributed by atoms with Gasteiger partial charge in [0.2, 0.25) is 5.78 Å². The van der Waals surface area contributed by atoms with E-state index in [1.165, 1.54) is 19.2 Å². The van der Waals surface area contributed by atoms with E-state index in [4.69, 9.17) is 10.5 Å². The van der Waals surface area contributed by atoms with Crippen molar-refractivity contribution in [2.75, 3.05) is 12.3 Å². The number of hydrogen-bond acceptors (Lipinski definition) is 8. The Morgan fingerprint density at radius 1 is 0.944 bits per heavy atom. The smallest absolute Gasteiger partial charge is 0.332 e. The number of aromatic nitrogens is 2. The van der Waals surface area contributed by atoms with Crippen molar-refractivity contribution >= 4 is 29.4 Å². The summed E-state index contributed by atoms with van der Waals surface area (Å²) < 4.78 is 7.10. The number of benzene rings is 1. The Morgan fingerprint density at radius 3 is 2.00 bits per heavy atom. The van der Waals surface area contributed by atoms with Gasteiger partial charge in [0.15, 0.2) is 6.61 Å². The topological polar surface area (TPSA) is 151 Å². The standard InChI is InChI=1S/C25H30N4O7/c1-13(2)10-17(29-21(31)15-8-6-7-9-16(15)22(29)32)24(34)36-12-18(30)19-20(26)28(11-14(3)4)25(35)27(5)23(19)33/h6-9,13-14,17H,10-12,26H2,1-5H3. The maximum atomic E-state index is 13.1. The number of Topliss-reactive ketones (excluding diaryl/α,β-unsaturated/α-hetero) is 1. The number of carbonyl (C=O) groups excluding carboxylic acids is 4. The molecule has 1 aliphatic rings. The van der Waals surface area contributed by atoms with Crippen molar-refractivity contribution in [3.05, 3.63) is 61.8 Å². The quantitative estimate of drug-likeness (QED) is 0.308. The number of ketones is 1. The number of rotatable bonds is 9. The molecule has 3 rings (SSSR count). The molecule has 11 nitrogen and oxygen atoms in total. The predicted octanol–water partition coefficient (Wildman–Crippen LogP) is 1.22. The highest BCUT2D eigenvalue weighted by Crippen LogP contribution is 2.27. The van der Waals surface area contributed by atoms with Gasteiger partial charge in [0.25, 0.3) is 17.4 Å². The number of fused-ring (bicyclic) bond motifs is 1. The minimum Gasteiger partial charge on any atom is -0.456 e. The van der Waals surface area contributed by atoms with Crippen LogP contribution in [0.25, 0.3) is 0 Å². The molecule has 2 heterocycles. The van der Waals surface area contributed by atoms with Gasteiger partial charge in [-0.2, -0.15) is 0 Å². The second-order valence-electron chi connectivity index (χ2n) is 9.61. The van der Waals surface area contributed by atoms with Gasteiger partial charge >= 0.3 is 11.7 Å². The molecule has 1 aromatic heterocycles. The van der Waals surface area contributed by atoms with Gasteiger partial charge in [0.05, 0.1) is 11.1 Å². The molecule has 36 heavy (non-hydrogen) atoms. The van der Waals surface area contributed by atoms with E-state index < -0.39 is 53.0 Å². The van der Waals surface area contributed by atoms with Crippen LogP contribution in [0.3, 0.4) is 0 Å². The summed E-state index contributed by atoms with van der Waals surface area (Å²) in [6.07, 6.45) is 0.113. The average Bonchev–Trinajstić information content (AvgIpc) is 3.07. The normalized spacial score (nSPS) is 13.9. The van der Waals surface area contributed by atoms with Gasteiger partial charge in [-0.05, 0) is 30.4 Å². The molecule has 0 radical (unpaired) electrons. The highest BCUT2D eigenvalue weighted by atomic mass is 16.5. The summed E-state index contributed by atoms with van der Waals surface area (Å²) >= 11 is 0. The minimum atomic E-state index is -1.26. The van der Waals surface area contributed by atoms with Crippen molar-refractivity contribution in [1.29, 1.82) is 0 Å². The van der Waals surface area contributed by atoms with Crippen molar-refractivity contribution in [3.63, 3.8) is 0 Å². The Hall–Kier alpha value is -4.02. The molecule has 0 spiro atoms. The number of amides is 2. The Balaban J connectivity index is 1.87. The van der Waals surface area contributed by atoms with Gasteiger partial charge in [-0.3, -0.25) is 33.2 Å². The molecule has 2 aromatic rings. The Morgan fingerprint density at radius 2 is 1.50 bits per heavy atom. The van der Waals surface area contributed by atoms with Crippen LogP contribution in [0.5, 0.6) is 0 Å². The Labute approximate surface area is 207 Å². The molecule has 192 valence electrons. The number of anilines is 1. The fourth-order valence-corrected chi connectivity index (χ4v) is 4.14. The van der Waals surface area contributed by atoms with Gasteiger partial charge < -0.3 is 10.5 Å². The first-order valence-corrected chi connectivity index (χ1v) is 11.6. The lowest BCUT2D eigenvalue weighted by atomic mass is 10.0. The molecule has 0 fully saturated rings. The number of hydrogen-bond donors (Lipinski definition) is 1. The molecule has 1 aliphatic heterocycles. The molecule has 1 aromatic carbocycles. The molecule has 0 saturated heterocycles. The molecule has 2 N–H and O–H groups in total. The number of nitrogens with zero attached hydrogens (tertiary/aromatic N) is 3. The van der Waals surface area contributed by atoms with Gasteiger partial charge in [-0.25, -0.2) is 9.59 Å². The Kier molecular flexibility index (Phi) is 7.61. The number of imide groups is 1. The van der Waals surface area contributed by atoms with Gasteiger partial charge in [-0.1, -0.05) is 39.8 Å². The molecule has 0 bridgehead atoms. The largest absolute Gasteiger partial charge is 0.456 e. The number of ether oxygens (including phenoxy) is 1. The van der Waals surface area contributed by atoms with E-state index in [2.05, 4.69) is 0 Å². The first-order chi connectivity index (χ1) is 16.9. The highest BCUT2D eigenvalue weighted by Gasteiger charge is 2.43. The van der Waals surface area contributed by atoms with E-state index in [-0.39, 0.29) is 41.7 Å². The zero-order chi connectivity index (χ0) is 26.9. The number of nitrogen functional groups attached to an aromatic ring is 1. The van der Waals surface area contributed by atoms with Gasteiger partial charge in [-0.15, -0.1) is 0 Å². The number of carbonyl (C=O) groups is 4. The maximum absolute atomic E-state index is 13.1. The summed E-state index contributed by atoms with van der Waals surface area (Å²) in [5.74, 6) is -3.50. The molecule has 1 unspecified atom stereocenters. The number of esters is 1. The van der Waals surface area contributed by atoms with Crippen molar-refractivity contribution in [3.8, 4) is 0 Å². The summed E-state index contributed by atoms with van der Waals surface area (Å²) in [6.45, 7) is 6.63. The van der Waals surface area contributed by atoms with E-state index in [9.17, 15) is 28.8 Å². The average molecular weight is 499 g/mol. The zero-order valence-electron chi connectivity index (χ0n) is 20.9. The summed E-state index contributed by atoms with van der Waals surface area (Å²) in [4.78, 5) is 77.8. The Bertz CT molecular complexity index is 1320. The molecule has 2 amide bonds. The first kappa shape index (κ1) is 26.6. The lowest BCUT2D eigenvalue weighted by Crippen LogP contribution is -2.47. The van der Waals surface area contributed by atoms with Crippen LogP contribution in [-0.4, -0.2) is 50.2 Å². The fraction of sp³-hybridized carbons (Fsp3) is 0.440. The number of nitrogens with two attached hydrogens (primary N) is 1. The molecule has 0 saturated carbocycles. The van der Waals surface area contributed by atoms with Crippen LogP contribution in [0, 0.1) is 11.8 Å². The van der Waals surface area contributed by atoms with Crippen molar-refractivity contribution < 1.29 is 23.9 Å². The monoisotopic (exact) mass is 498 g/mol. The summed E-state index contributed by atoms with van der Waals surface area (Å²) in [5, 5.41) is 0. The summed E-state index contributed by atoms with van der Waals surface area (Å²) in [6, 6.07) is 4.97. The van der Waals surface area contributed by atoms with Crippen molar-refractivity contribution in [2.24, 2.45) is 18.9 Å². The lowest BCUT2D eigenvalue weighted by molar-refractivity contribution is -0.147. The van der Waals surface area contributed by atoms with Gasteiger partial charge in [0.1, 0.15) is 17.4 Å². The van der Waals surface area contributed by atoms with E-state index in [1.807, 2.05) is 27.7 Å². The van der Waals surface area contributed by atoms with Gasteiger partial charge in [0, 0.05) is 13.6 Å². The molecule has 11 heteroatoms. The van der Waals surface area contributed by atoms with Crippen LogP contribution in [-0.2, 0) is 23.1 Å². The van der Waals surface area contributed by atoms with Crippen LogP contribution in [0.1, 0.15) is 65.2 Å². The maximum Gasteiger partial charge on any atom is 0.332 e. The zero-order valence-corrected chi connectivity index (χ0v) is 20.9. The van der Waals surface area contributed by atoms with E-state index in [1.54, 1.807) is 12.1 Å². The molecule has 0 aliphatic carbocycles. The first-order valence-electron chi connectivity index (χ1n) is 11.6. The van der Waals surface area contributed by atoms with E-state index >= 15 is 0 Å². The minimum absolute atomic E-state index is 0.000249. The third-order valence-corrected chi connectivity index (χ3v) is 5.86. The van der Waals surface area contributed by atoms with E-state index in [0.29, 0.717) is 0 Å². The van der Waals surface area contributed by atoms with Crippen molar-refractivity contribution in [1.82, 2.24) is 14.0 Å². The second-order valence-corrected chi connectivity index (χ2v) is 9.61. The lowest BCUT2D eigenvalue weighted by Gasteiger charge is -2.26. The fourth-order valence-electron chi connectivity index (χ4n) is 4.14. The highest BCUT2D eigenvalue weighted by molar-refractivity contribution is 6.22.